The predicted octanol–water partition coefficient (Wildman–Crippen LogP) is 3.88. The van der Waals surface area contributed by atoms with Gasteiger partial charge in [0.1, 0.15) is 5.75 Å². The van der Waals surface area contributed by atoms with E-state index in [1.54, 1.807) is 6.07 Å². The summed E-state index contributed by atoms with van der Waals surface area (Å²) in [5, 5.41) is 13.4. The van der Waals surface area contributed by atoms with Gasteiger partial charge in [-0.2, -0.15) is 0 Å². The van der Waals surface area contributed by atoms with Crippen LogP contribution in [-0.2, 0) is 0 Å². The summed E-state index contributed by atoms with van der Waals surface area (Å²) in [5.41, 5.74) is 1.21. The van der Waals surface area contributed by atoms with Crippen LogP contribution in [0.15, 0.2) is 18.2 Å². The van der Waals surface area contributed by atoms with Crippen LogP contribution in [0.2, 0.25) is 5.02 Å². The van der Waals surface area contributed by atoms with Gasteiger partial charge in [0.15, 0.2) is 0 Å². The maximum absolute atomic E-state index is 9.56. The molecule has 1 aromatic carbocycles. The first kappa shape index (κ1) is 20.8. The van der Waals surface area contributed by atoms with E-state index >= 15 is 0 Å². The molecular weight excluding hydrogens is 331 g/mol. The summed E-state index contributed by atoms with van der Waals surface area (Å²) in [6.45, 7) is 8.71. The first-order valence-corrected chi connectivity index (χ1v) is 7.39. The van der Waals surface area contributed by atoms with Crippen molar-refractivity contribution < 1.29 is 5.11 Å². The summed E-state index contributed by atoms with van der Waals surface area (Å²) in [7, 11) is 0. The number of hydrogen-bond acceptors (Lipinski definition) is 3. The fourth-order valence-electron chi connectivity index (χ4n) is 2.67. The molecule has 1 heterocycles. The lowest BCUT2D eigenvalue weighted by molar-refractivity contribution is 0.154. The first-order valence-electron chi connectivity index (χ1n) is 7.01. The number of nitrogens with zero attached hydrogens (tertiary/aromatic N) is 1. The molecule has 0 saturated carbocycles. The highest BCUT2D eigenvalue weighted by atomic mass is 35.5. The number of halogens is 3. The lowest BCUT2D eigenvalue weighted by atomic mass is 9.95. The van der Waals surface area contributed by atoms with Crippen LogP contribution in [0.4, 0.5) is 0 Å². The van der Waals surface area contributed by atoms with Crippen molar-refractivity contribution in [1.82, 2.24) is 10.2 Å². The molecule has 0 unspecified atom stereocenters. The van der Waals surface area contributed by atoms with Crippen molar-refractivity contribution in [2.24, 2.45) is 5.92 Å². The summed E-state index contributed by atoms with van der Waals surface area (Å²) in [4.78, 5) is 2.51. The summed E-state index contributed by atoms with van der Waals surface area (Å²) < 4.78 is 0. The first-order chi connectivity index (χ1) is 9.08. The standard InChI is InChI=1S/C15H23ClN2O.2ClH/c1-11(2)9-14(18-7-5-17-6-8-18)12-3-4-15(19)13(16)10-12;;/h3-4,10-11,14,17,19H,5-9H2,1-2H3;2*1H/t14-;;/m0../s1. The van der Waals surface area contributed by atoms with Gasteiger partial charge < -0.3 is 10.4 Å². The molecule has 21 heavy (non-hydrogen) atoms. The molecule has 1 aliphatic rings. The van der Waals surface area contributed by atoms with E-state index in [2.05, 4.69) is 24.1 Å². The van der Waals surface area contributed by atoms with Crippen LogP contribution in [0.5, 0.6) is 5.75 Å². The normalized spacial score (nSPS) is 17.0. The van der Waals surface area contributed by atoms with Crippen LogP contribution >= 0.6 is 36.4 Å². The molecule has 0 bridgehead atoms. The van der Waals surface area contributed by atoms with Gasteiger partial charge in [0, 0.05) is 32.2 Å². The molecule has 0 amide bonds. The predicted molar refractivity (Wildman–Crippen MR) is 94.3 cm³/mol. The Labute approximate surface area is 144 Å². The molecule has 1 saturated heterocycles. The number of benzene rings is 1. The Kier molecular flexibility index (Phi) is 9.66. The average Bonchev–Trinajstić information content (AvgIpc) is 2.40. The van der Waals surface area contributed by atoms with Crippen LogP contribution in [0.3, 0.4) is 0 Å². The van der Waals surface area contributed by atoms with E-state index in [4.69, 9.17) is 11.6 Å². The Balaban J connectivity index is 0.00000200. The molecule has 0 aliphatic carbocycles. The van der Waals surface area contributed by atoms with E-state index in [1.807, 2.05) is 12.1 Å². The maximum Gasteiger partial charge on any atom is 0.134 e. The molecule has 1 atom stereocenters. The number of phenolic OH excluding ortho intramolecular Hbond substituents is 1. The van der Waals surface area contributed by atoms with Crippen molar-refractivity contribution in [3.63, 3.8) is 0 Å². The molecule has 1 aliphatic heterocycles. The minimum absolute atomic E-state index is 0. The molecule has 2 N–H and O–H groups in total. The molecule has 3 nitrogen and oxygen atoms in total. The number of rotatable bonds is 4. The SMILES string of the molecule is CC(C)C[C@@H](c1ccc(O)c(Cl)c1)N1CCNCC1.Cl.Cl. The van der Waals surface area contributed by atoms with Gasteiger partial charge in [0.25, 0.3) is 0 Å². The van der Waals surface area contributed by atoms with Gasteiger partial charge >= 0.3 is 0 Å². The Bertz CT molecular complexity index is 423. The molecule has 6 heteroatoms. The molecular formula is C15H25Cl3N2O. The Morgan fingerprint density at radius 1 is 1.24 bits per heavy atom. The zero-order valence-electron chi connectivity index (χ0n) is 12.5. The minimum atomic E-state index is 0. The average molecular weight is 356 g/mol. The number of hydrogen-bond donors (Lipinski definition) is 2. The molecule has 1 fully saturated rings. The third-order valence-electron chi connectivity index (χ3n) is 3.64. The molecule has 0 radical (unpaired) electrons. The van der Waals surface area contributed by atoms with E-state index in [9.17, 15) is 5.11 Å². The molecule has 0 spiro atoms. The van der Waals surface area contributed by atoms with Crippen molar-refractivity contribution in [2.45, 2.75) is 26.3 Å². The highest BCUT2D eigenvalue weighted by Gasteiger charge is 2.23. The second kappa shape index (κ2) is 9.75. The molecule has 0 aromatic heterocycles. The van der Waals surface area contributed by atoms with Crippen LogP contribution in [0.1, 0.15) is 31.9 Å². The lowest BCUT2D eigenvalue weighted by Gasteiger charge is -2.36. The summed E-state index contributed by atoms with van der Waals surface area (Å²) in [5.74, 6) is 0.793. The third kappa shape index (κ3) is 5.84. The zero-order chi connectivity index (χ0) is 13.8. The monoisotopic (exact) mass is 354 g/mol. The maximum atomic E-state index is 9.56. The van der Waals surface area contributed by atoms with Gasteiger partial charge in [0.2, 0.25) is 0 Å². The van der Waals surface area contributed by atoms with E-state index < -0.39 is 0 Å². The van der Waals surface area contributed by atoms with E-state index in [0.29, 0.717) is 17.0 Å². The fraction of sp³-hybridized carbons (Fsp3) is 0.600. The quantitative estimate of drug-likeness (QED) is 0.860. The smallest absolute Gasteiger partial charge is 0.134 e. The second-order valence-electron chi connectivity index (χ2n) is 5.64. The van der Waals surface area contributed by atoms with Gasteiger partial charge in [-0.05, 0) is 30.0 Å². The van der Waals surface area contributed by atoms with Gasteiger partial charge in [-0.15, -0.1) is 24.8 Å². The Morgan fingerprint density at radius 2 is 1.86 bits per heavy atom. The number of phenols is 1. The molecule has 1 aromatic rings. The van der Waals surface area contributed by atoms with E-state index in [1.165, 1.54) is 5.56 Å². The van der Waals surface area contributed by atoms with Gasteiger partial charge in [-0.25, -0.2) is 0 Å². The number of nitrogens with one attached hydrogen (secondary N) is 1. The number of piperazine rings is 1. The van der Waals surface area contributed by atoms with E-state index in [0.717, 1.165) is 32.6 Å². The van der Waals surface area contributed by atoms with Crippen molar-refractivity contribution >= 4 is 36.4 Å². The Morgan fingerprint density at radius 3 is 2.38 bits per heavy atom. The fourth-order valence-corrected chi connectivity index (χ4v) is 2.86. The van der Waals surface area contributed by atoms with Crippen molar-refractivity contribution in [2.75, 3.05) is 26.2 Å². The summed E-state index contributed by atoms with van der Waals surface area (Å²) in [6, 6.07) is 6.00. The third-order valence-corrected chi connectivity index (χ3v) is 3.95. The topological polar surface area (TPSA) is 35.5 Å². The second-order valence-corrected chi connectivity index (χ2v) is 6.05. The van der Waals surface area contributed by atoms with Crippen molar-refractivity contribution in [3.8, 4) is 5.75 Å². The van der Waals surface area contributed by atoms with Crippen LogP contribution in [0, 0.1) is 5.92 Å². The highest BCUT2D eigenvalue weighted by molar-refractivity contribution is 6.32. The van der Waals surface area contributed by atoms with Crippen LogP contribution < -0.4 is 5.32 Å². The Hall–Kier alpha value is -0.190. The van der Waals surface area contributed by atoms with Crippen molar-refractivity contribution in [3.05, 3.63) is 28.8 Å². The van der Waals surface area contributed by atoms with Gasteiger partial charge in [-0.1, -0.05) is 31.5 Å². The zero-order valence-corrected chi connectivity index (χ0v) is 14.9. The molecule has 122 valence electrons. The largest absolute Gasteiger partial charge is 0.506 e. The van der Waals surface area contributed by atoms with Crippen molar-refractivity contribution in [1.29, 1.82) is 0 Å². The van der Waals surface area contributed by atoms with Gasteiger partial charge in [0.05, 0.1) is 5.02 Å². The molecule has 2 rings (SSSR count). The highest BCUT2D eigenvalue weighted by Crippen LogP contribution is 2.32. The summed E-state index contributed by atoms with van der Waals surface area (Å²) in [6.07, 6.45) is 1.11. The van der Waals surface area contributed by atoms with Crippen LogP contribution in [0.25, 0.3) is 0 Å². The lowest BCUT2D eigenvalue weighted by Crippen LogP contribution is -2.45. The van der Waals surface area contributed by atoms with Gasteiger partial charge in [-0.3, -0.25) is 4.90 Å². The van der Waals surface area contributed by atoms with Crippen LogP contribution in [-0.4, -0.2) is 36.2 Å². The van der Waals surface area contributed by atoms with E-state index in [-0.39, 0.29) is 30.6 Å². The minimum Gasteiger partial charge on any atom is -0.506 e. The number of aromatic hydroxyl groups is 1. The summed E-state index contributed by atoms with van der Waals surface area (Å²) >= 11 is 6.05.